The van der Waals surface area contributed by atoms with Crippen LogP contribution in [0.4, 0.5) is 5.69 Å². The minimum absolute atomic E-state index is 0.0462. The van der Waals surface area contributed by atoms with Gasteiger partial charge in [0.15, 0.2) is 0 Å². The zero-order valence-corrected chi connectivity index (χ0v) is 13.7. The summed E-state index contributed by atoms with van der Waals surface area (Å²) in [6.45, 7) is 1.08. The van der Waals surface area contributed by atoms with Crippen molar-refractivity contribution in [3.8, 4) is 11.5 Å². The van der Waals surface area contributed by atoms with Gasteiger partial charge in [0.2, 0.25) is 0 Å². The first-order valence-corrected chi connectivity index (χ1v) is 9.14. The lowest BCUT2D eigenvalue weighted by atomic mass is 10.0. The molecular formula is C16H14ClNO4S. The van der Waals surface area contributed by atoms with Crippen LogP contribution in [0.15, 0.2) is 35.2 Å². The monoisotopic (exact) mass is 351 g/mol. The van der Waals surface area contributed by atoms with Crippen LogP contribution in [0.5, 0.6) is 11.5 Å². The Morgan fingerprint density at radius 3 is 2.70 bits per heavy atom. The Hall–Kier alpha value is -1.92. The minimum Gasteiger partial charge on any atom is -0.493 e. The molecule has 1 N–H and O–H groups in total. The highest BCUT2D eigenvalue weighted by molar-refractivity contribution is 7.92. The summed E-state index contributed by atoms with van der Waals surface area (Å²) in [6.07, 6.45) is 1.39. The maximum absolute atomic E-state index is 12.7. The third-order valence-corrected chi connectivity index (χ3v) is 5.86. The van der Waals surface area contributed by atoms with Crippen LogP contribution in [0.1, 0.15) is 11.1 Å². The topological polar surface area (TPSA) is 64.6 Å². The molecule has 0 radical (unpaired) electrons. The normalized spacial score (nSPS) is 15.5. The maximum Gasteiger partial charge on any atom is 0.263 e. The van der Waals surface area contributed by atoms with E-state index in [0.29, 0.717) is 31.1 Å². The van der Waals surface area contributed by atoms with Gasteiger partial charge in [0, 0.05) is 24.0 Å². The van der Waals surface area contributed by atoms with E-state index in [1.165, 1.54) is 6.07 Å². The summed E-state index contributed by atoms with van der Waals surface area (Å²) in [4.78, 5) is 0.0462. The number of hydrogen-bond acceptors (Lipinski definition) is 4. The number of nitrogens with one attached hydrogen (secondary N) is 1. The van der Waals surface area contributed by atoms with Crippen molar-refractivity contribution >= 4 is 27.3 Å². The smallest absolute Gasteiger partial charge is 0.263 e. The zero-order valence-electron chi connectivity index (χ0n) is 12.1. The second-order valence-electron chi connectivity index (χ2n) is 5.45. The molecule has 2 aromatic carbocycles. The largest absolute Gasteiger partial charge is 0.493 e. The number of fused-ring (bicyclic) bond motifs is 2. The summed E-state index contributed by atoms with van der Waals surface area (Å²) < 4.78 is 39.4. The van der Waals surface area contributed by atoms with E-state index in [9.17, 15) is 8.42 Å². The van der Waals surface area contributed by atoms with Crippen LogP contribution in [0, 0.1) is 0 Å². The molecule has 2 aromatic rings. The van der Waals surface area contributed by atoms with Crippen molar-refractivity contribution in [2.24, 2.45) is 0 Å². The van der Waals surface area contributed by atoms with Crippen LogP contribution in [0.2, 0.25) is 5.02 Å². The predicted molar refractivity (Wildman–Crippen MR) is 87.1 cm³/mol. The minimum atomic E-state index is -3.80. The summed E-state index contributed by atoms with van der Waals surface area (Å²) in [7, 11) is -3.80. The molecule has 0 spiro atoms. The number of sulfonamides is 1. The lowest BCUT2D eigenvalue weighted by Gasteiger charge is -2.15. The number of rotatable bonds is 3. The highest BCUT2D eigenvalue weighted by Crippen LogP contribution is 2.45. The Morgan fingerprint density at radius 2 is 1.87 bits per heavy atom. The van der Waals surface area contributed by atoms with E-state index >= 15 is 0 Å². The average molecular weight is 352 g/mol. The Bertz CT molecular complexity index is 863. The van der Waals surface area contributed by atoms with E-state index in [-0.39, 0.29) is 9.92 Å². The van der Waals surface area contributed by atoms with Crippen molar-refractivity contribution in [3.05, 3.63) is 46.5 Å². The molecule has 0 amide bonds. The molecular weight excluding hydrogens is 338 g/mol. The SMILES string of the molecule is O=S(=O)(Nc1c2c(cc3c1OCC3)OCC2)c1ccccc1Cl. The fourth-order valence-corrected chi connectivity index (χ4v) is 4.56. The van der Waals surface area contributed by atoms with Gasteiger partial charge < -0.3 is 9.47 Å². The van der Waals surface area contributed by atoms with Crippen molar-refractivity contribution in [2.75, 3.05) is 17.9 Å². The van der Waals surface area contributed by atoms with Gasteiger partial charge in [-0.05, 0) is 18.2 Å². The van der Waals surface area contributed by atoms with Gasteiger partial charge in [0.25, 0.3) is 10.0 Å². The van der Waals surface area contributed by atoms with E-state index in [2.05, 4.69) is 4.72 Å². The molecule has 0 aromatic heterocycles. The molecule has 2 heterocycles. The molecule has 0 aliphatic carbocycles. The maximum atomic E-state index is 12.7. The van der Waals surface area contributed by atoms with E-state index in [4.69, 9.17) is 21.1 Å². The fraction of sp³-hybridized carbons (Fsp3) is 0.250. The van der Waals surface area contributed by atoms with Crippen molar-refractivity contribution in [3.63, 3.8) is 0 Å². The first-order valence-electron chi connectivity index (χ1n) is 7.28. The molecule has 0 saturated heterocycles. The summed E-state index contributed by atoms with van der Waals surface area (Å²) in [5.41, 5.74) is 2.27. The summed E-state index contributed by atoms with van der Waals surface area (Å²) in [5, 5.41) is 0.182. The van der Waals surface area contributed by atoms with Crippen molar-refractivity contribution in [1.29, 1.82) is 0 Å². The van der Waals surface area contributed by atoms with Crippen LogP contribution in [-0.2, 0) is 22.9 Å². The first kappa shape index (κ1) is 14.7. The molecule has 2 aliphatic heterocycles. The lowest BCUT2D eigenvalue weighted by Crippen LogP contribution is -2.15. The summed E-state index contributed by atoms with van der Waals surface area (Å²) in [5.74, 6) is 1.33. The van der Waals surface area contributed by atoms with Gasteiger partial charge in [-0.3, -0.25) is 4.72 Å². The molecule has 4 rings (SSSR count). The van der Waals surface area contributed by atoms with Crippen LogP contribution in [0.25, 0.3) is 0 Å². The lowest BCUT2D eigenvalue weighted by molar-refractivity contribution is 0.356. The van der Waals surface area contributed by atoms with Gasteiger partial charge in [0.1, 0.15) is 16.4 Å². The Kier molecular flexibility index (Phi) is 3.39. The van der Waals surface area contributed by atoms with Crippen molar-refractivity contribution < 1.29 is 17.9 Å². The van der Waals surface area contributed by atoms with E-state index in [1.807, 2.05) is 6.07 Å². The molecule has 0 unspecified atom stereocenters. The molecule has 0 fully saturated rings. The van der Waals surface area contributed by atoms with Gasteiger partial charge in [-0.2, -0.15) is 0 Å². The zero-order chi connectivity index (χ0) is 16.0. The van der Waals surface area contributed by atoms with Gasteiger partial charge >= 0.3 is 0 Å². The number of anilines is 1. The van der Waals surface area contributed by atoms with E-state index in [0.717, 1.165) is 23.3 Å². The Balaban J connectivity index is 1.82. The summed E-state index contributed by atoms with van der Waals surface area (Å²) >= 11 is 6.03. The second-order valence-corrected chi connectivity index (χ2v) is 7.51. The van der Waals surface area contributed by atoms with Crippen LogP contribution < -0.4 is 14.2 Å². The van der Waals surface area contributed by atoms with Crippen LogP contribution in [-0.4, -0.2) is 21.6 Å². The molecule has 2 aliphatic rings. The van der Waals surface area contributed by atoms with Gasteiger partial charge in [-0.15, -0.1) is 0 Å². The third-order valence-electron chi connectivity index (χ3n) is 4.01. The third kappa shape index (κ3) is 2.42. The van der Waals surface area contributed by atoms with Crippen molar-refractivity contribution in [2.45, 2.75) is 17.7 Å². The summed E-state index contributed by atoms with van der Waals surface area (Å²) in [6, 6.07) is 8.30. The molecule has 0 atom stereocenters. The van der Waals surface area contributed by atoms with E-state index in [1.54, 1.807) is 18.2 Å². The van der Waals surface area contributed by atoms with Crippen LogP contribution in [0.3, 0.4) is 0 Å². The van der Waals surface area contributed by atoms with E-state index < -0.39 is 10.0 Å². The van der Waals surface area contributed by atoms with Gasteiger partial charge in [-0.25, -0.2) is 8.42 Å². The molecule has 7 heteroatoms. The average Bonchev–Trinajstić information content (AvgIpc) is 3.15. The fourth-order valence-electron chi connectivity index (χ4n) is 2.95. The molecule has 0 saturated carbocycles. The quantitative estimate of drug-likeness (QED) is 0.923. The van der Waals surface area contributed by atoms with Crippen molar-refractivity contribution in [1.82, 2.24) is 0 Å². The number of halogens is 1. The predicted octanol–water partition coefficient (Wildman–Crippen LogP) is 3.01. The Morgan fingerprint density at radius 1 is 1.09 bits per heavy atom. The first-order chi connectivity index (χ1) is 11.1. The number of hydrogen-bond donors (Lipinski definition) is 1. The number of benzene rings is 2. The number of ether oxygens (including phenoxy) is 2. The Labute approximate surface area is 139 Å². The molecule has 23 heavy (non-hydrogen) atoms. The molecule has 0 bridgehead atoms. The van der Waals surface area contributed by atoms with Gasteiger partial charge in [0.05, 0.1) is 23.9 Å². The highest BCUT2D eigenvalue weighted by atomic mass is 35.5. The molecule has 120 valence electrons. The van der Waals surface area contributed by atoms with Gasteiger partial charge in [-0.1, -0.05) is 23.7 Å². The second kappa shape index (κ2) is 5.32. The highest BCUT2D eigenvalue weighted by Gasteiger charge is 2.30. The molecule has 5 nitrogen and oxygen atoms in total. The van der Waals surface area contributed by atoms with Crippen LogP contribution >= 0.6 is 11.6 Å². The standard InChI is InChI=1S/C16H14ClNO4S/c17-12-3-1-2-4-14(12)23(19,20)18-15-11-6-8-21-13(11)9-10-5-7-22-16(10)15/h1-4,9,18H,5-8H2.